The van der Waals surface area contributed by atoms with Gasteiger partial charge in [-0.25, -0.2) is 18.7 Å². The molecule has 1 fully saturated rings. The summed E-state index contributed by atoms with van der Waals surface area (Å²) in [6.45, 7) is 1.81. The van der Waals surface area contributed by atoms with E-state index in [-0.39, 0.29) is 12.1 Å². The molecule has 7 nitrogen and oxygen atoms in total. The minimum absolute atomic E-state index is 0.202. The van der Waals surface area contributed by atoms with Crippen LogP contribution in [0.15, 0.2) is 48.3 Å². The van der Waals surface area contributed by atoms with Gasteiger partial charge in [-0.15, -0.1) is 0 Å². The highest BCUT2D eigenvalue weighted by Gasteiger charge is 2.44. The number of aromatic amines is 1. The van der Waals surface area contributed by atoms with E-state index in [2.05, 4.69) is 25.5 Å². The first-order valence-corrected chi connectivity index (χ1v) is 10.2. The van der Waals surface area contributed by atoms with Crippen LogP contribution in [0.1, 0.15) is 43.4 Å². The first-order chi connectivity index (χ1) is 15.4. The maximum Gasteiger partial charge on any atom is 0.258 e. The summed E-state index contributed by atoms with van der Waals surface area (Å²) >= 11 is 0. The number of alkyl halides is 2. The van der Waals surface area contributed by atoms with Crippen molar-refractivity contribution in [2.75, 3.05) is 12.4 Å². The number of nitrogens with one attached hydrogen (secondary N) is 2. The molecule has 1 aliphatic rings. The number of ether oxygens (including phenoxy) is 1. The Bertz CT molecular complexity index is 1180. The first-order valence-electron chi connectivity index (χ1n) is 10.2. The molecule has 2 aromatic heterocycles. The standard InChI is InChI=1S/C23H22F2N6O/c1-3-14-4-7-18(23(24,25)10-14)15-5-6-17(20(8-15)32-2)19-9-21(31-30-19)29-22-13-27-16(11-26)12-28-22/h3,5-6,8-9,12-13,18H,4,7,10H2,1-2H3,(H2,28,29,30,31)/b14-3+. The lowest BCUT2D eigenvalue weighted by Crippen LogP contribution is -2.31. The zero-order valence-corrected chi connectivity index (χ0v) is 17.7. The molecule has 2 N–H and O–H groups in total. The number of rotatable bonds is 5. The zero-order valence-electron chi connectivity index (χ0n) is 17.7. The molecule has 0 bridgehead atoms. The normalized spacial score (nSPS) is 18.8. The van der Waals surface area contributed by atoms with Gasteiger partial charge in [0, 0.05) is 24.0 Å². The van der Waals surface area contributed by atoms with Crippen molar-refractivity contribution in [3.05, 3.63) is 59.6 Å². The highest BCUT2D eigenvalue weighted by molar-refractivity contribution is 5.71. The van der Waals surface area contributed by atoms with Crippen LogP contribution in [0.25, 0.3) is 11.3 Å². The van der Waals surface area contributed by atoms with Crippen molar-refractivity contribution >= 4 is 11.6 Å². The van der Waals surface area contributed by atoms with E-state index in [0.717, 1.165) is 5.57 Å². The zero-order chi connectivity index (χ0) is 22.7. The summed E-state index contributed by atoms with van der Waals surface area (Å²) in [6, 6.07) is 8.86. The fourth-order valence-electron chi connectivity index (χ4n) is 3.96. The molecular formula is C23H22F2N6O. The van der Waals surface area contributed by atoms with E-state index in [0.29, 0.717) is 47.0 Å². The molecule has 32 heavy (non-hydrogen) atoms. The van der Waals surface area contributed by atoms with Crippen molar-refractivity contribution < 1.29 is 13.5 Å². The third kappa shape index (κ3) is 4.30. The van der Waals surface area contributed by atoms with Crippen molar-refractivity contribution in [3.63, 3.8) is 0 Å². The number of nitriles is 1. The number of hydrogen-bond acceptors (Lipinski definition) is 6. The Morgan fingerprint density at radius 3 is 2.75 bits per heavy atom. The Morgan fingerprint density at radius 1 is 1.25 bits per heavy atom. The van der Waals surface area contributed by atoms with Crippen molar-refractivity contribution in [3.8, 4) is 23.1 Å². The van der Waals surface area contributed by atoms with Crippen LogP contribution in [-0.2, 0) is 0 Å². The number of methoxy groups -OCH3 is 1. The topological polar surface area (TPSA) is 99.5 Å². The third-order valence-electron chi connectivity index (χ3n) is 5.65. The second-order valence-corrected chi connectivity index (χ2v) is 7.63. The van der Waals surface area contributed by atoms with Gasteiger partial charge in [-0.1, -0.05) is 17.7 Å². The lowest BCUT2D eigenvalue weighted by atomic mass is 9.78. The lowest BCUT2D eigenvalue weighted by molar-refractivity contribution is -0.0400. The van der Waals surface area contributed by atoms with Crippen LogP contribution in [0.2, 0.25) is 0 Å². The molecule has 1 atom stereocenters. The van der Waals surface area contributed by atoms with Gasteiger partial charge in [0.25, 0.3) is 5.92 Å². The molecule has 164 valence electrons. The molecule has 1 saturated carbocycles. The van der Waals surface area contributed by atoms with Crippen molar-refractivity contribution in [2.24, 2.45) is 0 Å². The number of aromatic nitrogens is 4. The Kier molecular flexibility index (Phi) is 5.86. The second kappa shape index (κ2) is 8.75. The largest absolute Gasteiger partial charge is 0.496 e. The summed E-state index contributed by atoms with van der Waals surface area (Å²) in [5.74, 6) is -2.22. The summed E-state index contributed by atoms with van der Waals surface area (Å²) in [7, 11) is 1.52. The van der Waals surface area contributed by atoms with E-state index >= 15 is 0 Å². The summed E-state index contributed by atoms with van der Waals surface area (Å²) in [4.78, 5) is 8.05. The molecule has 2 heterocycles. The molecule has 1 aromatic carbocycles. The maximum atomic E-state index is 14.8. The molecule has 1 unspecified atom stereocenters. The van der Waals surface area contributed by atoms with Gasteiger partial charge in [0.2, 0.25) is 0 Å². The number of anilines is 2. The van der Waals surface area contributed by atoms with Gasteiger partial charge in [0.1, 0.15) is 17.6 Å². The van der Waals surface area contributed by atoms with Crippen LogP contribution in [0.4, 0.5) is 20.4 Å². The van der Waals surface area contributed by atoms with Crippen LogP contribution in [-0.4, -0.2) is 33.2 Å². The van der Waals surface area contributed by atoms with Crippen LogP contribution in [0.5, 0.6) is 5.75 Å². The molecular weight excluding hydrogens is 414 g/mol. The lowest BCUT2D eigenvalue weighted by Gasteiger charge is -2.33. The number of halogens is 2. The number of allylic oxidation sites excluding steroid dienone is 2. The Balaban J connectivity index is 1.57. The van der Waals surface area contributed by atoms with Crippen molar-refractivity contribution in [1.29, 1.82) is 5.26 Å². The molecule has 9 heteroatoms. The van der Waals surface area contributed by atoms with Gasteiger partial charge in [-0.05, 0) is 37.5 Å². The van der Waals surface area contributed by atoms with E-state index in [1.165, 1.54) is 19.5 Å². The van der Waals surface area contributed by atoms with E-state index in [1.807, 2.05) is 13.0 Å². The van der Waals surface area contributed by atoms with E-state index in [1.54, 1.807) is 30.3 Å². The van der Waals surface area contributed by atoms with Crippen LogP contribution in [0.3, 0.4) is 0 Å². The van der Waals surface area contributed by atoms with Gasteiger partial charge in [0.05, 0.1) is 25.2 Å². The van der Waals surface area contributed by atoms with Crippen molar-refractivity contribution in [2.45, 2.75) is 38.0 Å². The fraction of sp³-hybridized carbons (Fsp3) is 0.304. The summed E-state index contributed by atoms with van der Waals surface area (Å²) in [6.07, 6.45) is 5.46. The van der Waals surface area contributed by atoms with E-state index in [9.17, 15) is 8.78 Å². The molecule has 0 aliphatic heterocycles. The number of hydrogen-bond donors (Lipinski definition) is 2. The molecule has 4 rings (SSSR count). The first kappa shape index (κ1) is 21.4. The SMILES string of the molecule is C/C=C1\CCC(c2ccc(-c3cc(Nc4cnc(C#N)cn4)n[nH]3)c(OC)c2)C(F)(F)C1. The predicted molar refractivity (Wildman–Crippen MR) is 116 cm³/mol. The molecule has 1 aliphatic carbocycles. The Labute approximate surface area is 184 Å². The van der Waals surface area contributed by atoms with E-state index < -0.39 is 11.8 Å². The number of H-pyrrole nitrogens is 1. The van der Waals surface area contributed by atoms with Gasteiger partial charge >= 0.3 is 0 Å². The van der Waals surface area contributed by atoms with Gasteiger partial charge < -0.3 is 10.1 Å². The minimum Gasteiger partial charge on any atom is -0.496 e. The minimum atomic E-state index is -2.79. The predicted octanol–water partition coefficient (Wildman–Crippen LogP) is 5.34. The van der Waals surface area contributed by atoms with Crippen LogP contribution >= 0.6 is 0 Å². The summed E-state index contributed by atoms with van der Waals surface area (Å²) in [5.41, 5.74) is 2.95. The Morgan fingerprint density at radius 2 is 2.09 bits per heavy atom. The van der Waals surface area contributed by atoms with Gasteiger partial charge in [0.15, 0.2) is 11.5 Å². The summed E-state index contributed by atoms with van der Waals surface area (Å²) < 4.78 is 35.1. The van der Waals surface area contributed by atoms with Crippen LogP contribution in [0, 0.1) is 11.3 Å². The average molecular weight is 436 g/mol. The molecule has 0 spiro atoms. The number of benzene rings is 1. The molecule has 0 amide bonds. The van der Waals surface area contributed by atoms with Crippen molar-refractivity contribution in [1.82, 2.24) is 20.2 Å². The molecule has 0 radical (unpaired) electrons. The van der Waals surface area contributed by atoms with E-state index in [4.69, 9.17) is 10.00 Å². The fourth-order valence-corrected chi connectivity index (χ4v) is 3.96. The monoisotopic (exact) mass is 436 g/mol. The third-order valence-corrected chi connectivity index (χ3v) is 5.65. The summed E-state index contributed by atoms with van der Waals surface area (Å²) in [5, 5.41) is 18.9. The number of nitrogens with zero attached hydrogens (tertiary/aromatic N) is 4. The highest BCUT2D eigenvalue weighted by Crippen LogP contribution is 2.48. The van der Waals surface area contributed by atoms with Crippen LogP contribution < -0.4 is 10.1 Å². The second-order valence-electron chi connectivity index (χ2n) is 7.63. The van der Waals surface area contributed by atoms with Gasteiger partial charge in [-0.2, -0.15) is 10.4 Å². The maximum absolute atomic E-state index is 14.8. The Hall–Kier alpha value is -3.80. The quantitative estimate of drug-likeness (QED) is 0.524. The average Bonchev–Trinajstić information content (AvgIpc) is 3.26. The molecule has 3 aromatic rings. The molecule has 0 saturated heterocycles. The van der Waals surface area contributed by atoms with Gasteiger partial charge in [-0.3, -0.25) is 5.10 Å². The highest BCUT2D eigenvalue weighted by atomic mass is 19.3. The smallest absolute Gasteiger partial charge is 0.258 e.